The highest BCUT2D eigenvalue weighted by atomic mass is 35.5. The van der Waals surface area contributed by atoms with Gasteiger partial charge in [-0.05, 0) is 12.5 Å². The maximum absolute atomic E-state index is 12.5. The van der Waals surface area contributed by atoms with Crippen molar-refractivity contribution in [3.05, 3.63) is 53.6 Å². The van der Waals surface area contributed by atoms with E-state index in [0.717, 1.165) is 4.57 Å². The molecule has 1 aromatic carbocycles. The third kappa shape index (κ3) is 3.90. The van der Waals surface area contributed by atoms with Gasteiger partial charge < -0.3 is 10.5 Å². The van der Waals surface area contributed by atoms with E-state index in [0.29, 0.717) is 6.42 Å². The van der Waals surface area contributed by atoms with E-state index in [9.17, 15) is 14.4 Å². The van der Waals surface area contributed by atoms with Crippen molar-refractivity contribution in [2.75, 3.05) is 12.3 Å². The van der Waals surface area contributed by atoms with Crippen molar-refractivity contribution in [3.8, 4) is 5.75 Å². The quantitative estimate of drug-likeness (QED) is 0.572. The Kier molecular flexibility index (Phi) is 6.39. The van der Waals surface area contributed by atoms with Gasteiger partial charge in [-0.25, -0.2) is 4.79 Å². The van der Waals surface area contributed by atoms with Gasteiger partial charge in [-0.1, -0.05) is 41.7 Å². The molecule has 0 atom stereocenters. The summed E-state index contributed by atoms with van der Waals surface area (Å²) in [7, 11) is 1.28. The van der Waals surface area contributed by atoms with Crippen LogP contribution in [0.4, 0.5) is 5.82 Å². The number of nitrogens with two attached hydrogens (primary N) is 1. The molecule has 0 aliphatic rings. The van der Waals surface area contributed by atoms with Crippen LogP contribution in [0.2, 0.25) is 15.1 Å². The van der Waals surface area contributed by atoms with E-state index in [4.69, 9.17) is 45.3 Å². The minimum atomic E-state index is -0.784. The lowest BCUT2D eigenvalue weighted by atomic mass is 10.2. The van der Waals surface area contributed by atoms with E-state index >= 15 is 0 Å². The molecule has 10 heteroatoms. The number of anilines is 1. The first kappa shape index (κ1) is 20.4. The highest BCUT2D eigenvalue weighted by Gasteiger charge is 2.22. The van der Waals surface area contributed by atoms with Gasteiger partial charge in [0, 0.05) is 19.7 Å². The number of benzene rings is 1. The Labute approximate surface area is 163 Å². The molecule has 0 fully saturated rings. The second kappa shape index (κ2) is 8.16. The highest BCUT2D eigenvalue weighted by Crippen LogP contribution is 2.33. The Morgan fingerprint density at radius 2 is 1.77 bits per heavy atom. The molecular formula is C16H16Cl3N3O4. The smallest absolute Gasteiger partial charge is 0.332 e. The Bertz CT molecular complexity index is 982. The molecule has 0 radical (unpaired) electrons. The summed E-state index contributed by atoms with van der Waals surface area (Å²) >= 11 is 17.7. The Morgan fingerprint density at radius 1 is 1.15 bits per heavy atom. The van der Waals surface area contributed by atoms with Gasteiger partial charge in [-0.2, -0.15) is 0 Å². The van der Waals surface area contributed by atoms with Gasteiger partial charge in [-0.3, -0.25) is 18.7 Å². The third-order valence-electron chi connectivity index (χ3n) is 3.64. The molecular weight excluding hydrogens is 405 g/mol. The number of aromatic nitrogens is 2. The predicted molar refractivity (Wildman–Crippen MR) is 102 cm³/mol. The fourth-order valence-corrected chi connectivity index (χ4v) is 2.91. The maximum Gasteiger partial charge on any atom is 0.332 e. The van der Waals surface area contributed by atoms with Gasteiger partial charge in [0.25, 0.3) is 5.56 Å². The summed E-state index contributed by atoms with van der Waals surface area (Å²) in [6.45, 7) is 1.61. The van der Waals surface area contributed by atoms with Crippen LogP contribution in [-0.2, 0) is 13.6 Å². The van der Waals surface area contributed by atoms with Crippen molar-refractivity contribution in [1.29, 1.82) is 0 Å². The second-order valence-corrected chi connectivity index (χ2v) is 6.69. The Balaban J connectivity index is 2.38. The lowest BCUT2D eigenvalue weighted by Gasteiger charge is -2.14. The van der Waals surface area contributed by atoms with Crippen LogP contribution in [0.3, 0.4) is 0 Å². The van der Waals surface area contributed by atoms with Crippen molar-refractivity contribution in [2.45, 2.75) is 19.9 Å². The van der Waals surface area contributed by atoms with E-state index in [1.54, 1.807) is 0 Å². The number of hydrogen-bond acceptors (Lipinski definition) is 5. The number of ether oxygens (including phenoxy) is 1. The van der Waals surface area contributed by atoms with Crippen LogP contribution < -0.4 is 21.7 Å². The zero-order valence-electron chi connectivity index (χ0n) is 14.0. The average molecular weight is 421 g/mol. The van der Waals surface area contributed by atoms with Crippen molar-refractivity contribution in [3.63, 3.8) is 0 Å². The fourth-order valence-electron chi connectivity index (χ4n) is 2.32. The fraction of sp³-hybridized carbons (Fsp3) is 0.312. The number of nitrogens with zero attached hydrogens (tertiary/aromatic N) is 2. The Morgan fingerprint density at radius 3 is 2.38 bits per heavy atom. The molecule has 26 heavy (non-hydrogen) atoms. The minimum Gasteiger partial charge on any atom is -0.484 e. The Hall–Kier alpha value is -1.96. The molecule has 0 unspecified atom stereocenters. The first-order valence-electron chi connectivity index (χ1n) is 7.58. The summed E-state index contributed by atoms with van der Waals surface area (Å²) in [4.78, 5) is 36.9. The summed E-state index contributed by atoms with van der Waals surface area (Å²) in [5.41, 5.74) is 4.22. The summed E-state index contributed by atoms with van der Waals surface area (Å²) in [5.74, 6) is -0.740. The number of nitrogen functional groups attached to an aromatic ring is 1. The number of halogens is 3. The van der Waals surface area contributed by atoms with E-state index < -0.39 is 23.6 Å². The molecule has 7 nitrogen and oxygen atoms in total. The maximum atomic E-state index is 12.5. The number of carbonyl (C=O) groups excluding carboxylic acids is 1. The molecule has 1 heterocycles. The van der Waals surface area contributed by atoms with Gasteiger partial charge in [-0.15, -0.1) is 0 Å². The highest BCUT2D eigenvalue weighted by molar-refractivity contribution is 6.43. The van der Waals surface area contributed by atoms with Crippen LogP contribution in [0.5, 0.6) is 5.75 Å². The van der Waals surface area contributed by atoms with Gasteiger partial charge in [0.15, 0.2) is 6.61 Å². The molecule has 0 saturated heterocycles. The summed E-state index contributed by atoms with van der Waals surface area (Å²) in [5, 5.41) is 0.592. The zero-order valence-corrected chi connectivity index (χ0v) is 16.3. The molecule has 2 aromatic rings. The van der Waals surface area contributed by atoms with Crippen LogP contribution in [0.25, 0.3) is 0 Å². The average Bonchev–Trinajstić information content (AvgIpc) is 2.59. The first-order valence-corrected chi connectivity index (χ1v) is 8.72. The van der Waals surface area contributed by atoms with Gasteiger partial charge in [0.05, 0.1) is 15.1 Å². The van der Waals surface area contributed by atoms with Gasteiger partial charge in [0.2, 0.25) is 5.78 Å². The normalized spacial score (nSPS) is 10.8. The van der Waals surface area contributed by atoms with Crippen LogP contribution in [0.1, 0.15) is 23.7 Å². The van der Waals surface area contributed by atoms with E-state index in [2.05, 4.69) is 0 Å². The number of ketones is 1. The van der Waals surface area contributed by atoms with E-state index in [-0.39, 0.29) is 38.7 Å². The first-order chi connectivity index (χ1) is 12.2. The second-order valence-electron chi connectivity index (χ2n) is 5.47. The molecule has 2 rings (SSSR count). The number of Topliss-reactive ketones (excluding diaryl/α,β-unsaturated/α-hetero) is 1. The van der Waals surface area contributed by atoms with Crippen LogP contribution >= 0.6 is 34.8 Å². The SMILES string of the molecule is CCCn1c(N)c(C(=O)COc2cc(Cl)c(Cl)cc2Cl)c(=O)n(C)c1=O. The van der Waals surface area contributed by atoms with Crippen LogP contribution in [0.15, 0.2) is 21.7 Å². The topological polar surface area (TPSA) is 96.3 Å². The molecule has 0 aliphatic carbocycles. The van der Waals surface area contributed by atoms with Crippen molar-refractivity contribution in [2.24, 2.45) is 7.05 Å². The molecule has 0 spiro atoms. The standard InChI is InChI=1S/C16H16Cl3N3O4/c1-3-4-22-14(20)13(15(24)21(2)16(22)25)11(23)7-26-12-6-9(18)8(17)5-10(12)19/h5-6H,3-4,7,20H2,1-2H3. The molecule has 1 aromatic heterocycles. The van der Waals surface area contributed by atoms with E-state index in [1.165, 1.54) is 23.7 Å². The number of rotatable bonds is 6. The molecule has 0 amide bonds. The zero-order chi connectivity index (χ0) is 19.6. The molecule has 0 aliphatic heterocycles. The van der Waals surface area contributed by atoms with Crippen molar-refractivity contribution in [1.82, 2.24) is 9.13 Å². The van der Waals surface area contributed by atoms with Gasteiger partial charge in [0.1, 0.15) is 17.1 Å². The summed E-state index contributed by atoms with van der Waals surface area (Å²) in [6.07, 6.45) is 0.603. The number of hydrogen-bond donors (Lipinski definition) is 1. The van der Waals surface area contributed by atoms with E-state index in [1.807, 2.05) is 6.92 Å². The molecule has 140 valence electrons. The summed E-state index contributed by atoms with van der Waals surface area (Å²) in [6, 6.07) is 2.74. The van der Waals surface area contributed by atoms with Gasteiger partial charge >= 0.3 is 5.69 Å². The third-order valence-corrected chi connectivity index (χ3v) is 4.66. The van der Waals surface area contributed by atoms with Crippen LogP contribution in [0, 0.1) is 0 Å². The molecule has 0 bridgehead atoms. The molecule has 2 N–H and O–H groups in total. The lowest BCUT2D eigenvalue weighted by molar-refractivity contribution is 0.0919. The largest absolute Gasteiger partial charge is 0.484 e. The van der Waals surface area contributed by atoms with Crippen molar-refractivity contribution < 1.29 is 9.53 Å². The number of carbonyl (C=O) groups is 1. The summed E-state index contributed by atoms with van der Waals surface area (Å²) < 4.78 is 7.37. The van der Waals surface area contributed by atoms with Crippen molar-refractivity contribution >= 4 is 46.4 Å². The molecule has 0 saturated carbocycles. The minimum absolute atomic E-state index is 0.131. The predicted octanol–water partition coefficient (Wildman–Crippen LogP) is 2.76. The lowest BCUT2D eigenvalue weighted by Crippen LogP contribution is -2.43. The monoisotopic (exact) mass is 419 g/mol. The van der Waals surface area contributed by atoms with Crippen LogP contribution in [-0.4, -0.2) is 21.5 Å².